The normalized spacial score (nSPS) is 17.8. The molecule has 4 nitrogen and oxygen atoms in total. The third-order valence-electron chi connectivity index (χ3n) is 3.43. The molecule has 1 N–H and O–H groups in total. The van der Waals surface area contributed by atoms with Gasteiger partial charge in [-0.15, -0.1) is 24.0 Å². The molecule has 0 aliphatic carbocycles. The summed E-state index contributed by atoms with van der Waals surface area (Å²) in [5.41, 5.74) is 1.40. The predicted molar refractivity (Wildman–Crippen MR) is 94.4 cm³/mol. The molecule has 1 aliphatic rings. The van der Waals surface area contributed by atoms with Crippen LogP contribution in [0.4, 0.5) is 0 Å². The molecule has 112 valence electrons. The van der Waals surface area contributed by atoms with E-state index in [0.29, 0.717) is 12.0 Å². The molecule has 1 aromatic rings. The number of hydrogen-bond donors (Lipinski definition) is 1. The molecule has 20 heavy (non-hydrogen) atoms. The zero-order chi connectivity index (χ0) is 13.7. The highest BCUT2D eigenvalue weighted by molar-refractivity contribution is 14.0. The molecule has 0 bridgehead atoms. The van der Waals surface area contributed by atoms with E-state index < -0.39 is 0 Å². The van der Waals surface area contributed by atoms with Gasteiger partial charge in [-0.2, -0.15) is 0 Å². The van der Waals surface area contributed by atoms with Crippen LogP contribution in [0.1, 0.15) is 32.9 Å². The van der Waals surface area contributed by atoms with E-state index in [-0.39, 0.29) is 24.0 Å². The van der Waals surface area contributed by atoms with Crippen molar-refractivity contribution in [3.63, 3.8) is 0 Å². The van der Waals surface area contributed by atoms with E-state index in [0.717, 1.165) is 31.3 Å². The van der Waals surface area contributed by atoms with Crippen LogP contribution >= 0.6 is 24.0 Å². The molecule has 2 rings (SSSR count). The number of rotatable bonds is 3. The van der Waals surface area contributed by atoms with Crippen molar-refractivity contribution in [1.82, 2.24) is 15.2 Å². The quantitative estimate of drug-likeness (QED) is 0.492. The largest absolute Gasteiger partial charge is 0.357 e. The molecule has 0 radical (unpaired) electrons. The van der Waals surface area contributed by atoms with Crippen molar-refractivity contribution in [3.05, 3.63) is 30.1 Å². The number of guanidine groups is 1. The van der Waals surface area contributed by atoms with Crippen LogP contribution in [-0.2, 0) is 6.54 Å². The maximum atomic E-state index is 4.70. The first kappa shape index (κ1) is 17.2. The van der Waals surface area contributed by atoms with E-state index in [4.69, 9.17) is 4.99 Å². The van der Waals surface area contributed by atoms with Crippen LogP contribution in [0.25, 0.3) is 0 Å². The summed E-state index contributed by atoms with van der Waals surface area (Å²) < 4.78 is 0. The Labute approximate surface area is 139 Å². The van der Waals surface area contributed by atoms with Gasteiger partial charge in [0, 0.05) is 25.8 Å². The van der Waals surface area contributed by atoms with Crippen LogP contribution in [-0.4, -0.2) is 35.5 Å². The number of nitrogens with zero attached hydrogens (tertiary/aromatic N) is 3. The first-order valence-electron chi connectivity index (χ1n) is 7.04. The van der Waals surface area contributed by atoms with Gasteiger partial charge in [0.15, 0.2) is 5.96 Å². The Kier molecular flexibility index (Phi) is 6.71. The fraction of sp³-hybridized carbons (Fsp3) is 0.600. The lowest BCUT2D eigenvalue weighted by atomic mass is 9.93. The summed E-state index contributed by atoms with van der Waals surface area (Å²) in [6.45, 7) is 10.4. The van der Waals surface area contributed by atoms with Crippen molar-refractivity contribution in [1.29, 1.82) is 0 Å². The van der Waals surface area contributed by atoms with Crippen molar-refractivity contribution in [2.75, 3.05) is 19.6 Å². The minimum absolute atomic E-state index is 0. The van der Waals surface area contributed by atoms with Gasteiger partial charge in [-0.1, -0.05) is 19.9 Å². The lowest BCUT2D eigenvalue weighted by molar-refractivity contribution is 0.370. The van der Waals surface area contributed by atoms with Gasteiger partial charge < -0.3 is 10.2 Å². The minimum atomic E-state index is 0. The Morgan fingerprint density at radius 1 is 1.45 bits per heavy atom. The second-order valence-corrected chi connectivity index (χ2v) is 5.83. The first-order chi connectivity index (χ1) is 9.11. The molecule has 1 fully saturated rings. The van der Waals surface area contributed by atoms with Crippen LogP contribution in [0.5, 0.6) is 0 Å². The molecular weight excluding hydrogens is 363 g/mol. The number of aliphatic imine (C=N–C) groups is 1. The van der Waals surface area contributed by atoms with Crippen LogP contribution in [0.15, 0.2) is 29.4 Å². The molecular formula is C15H25IN4. The van der Waals surface area contributed by atoms with Crippen molar-refractivity contribution in [2.24, 2.45) is 10.4 Å². The molecule has 0 atom stereocenters. The Balaban J connectivity index is 0.00000200. The third-order valence-corrected chi connectivity index (χ3v) is 3.43. The maximum Gasteiger partial charge on any atom is 0.194 e. The molecule has 0 aromatic carbocycles. The highest BCUT2D eigenvalue weighted by Gasteiger charge is 2.30. The molecule has 0 amide bonds. The standard InChI is InChI=1S/C15H24N4.HI/c1-4-16-14(19-10-8-15(2,3)12-19)18-11-13-7-5-6-9-17-13;/h5-7,9H,4,8,10-12H2,1-3H3,(H,16,18);1H. The summed E-state index contributed by atoms with van der Waals surface area (Å²) in [5.74, 6) is 1.01. The van der Waals surface area contributed by atoms with Crippen LogP contribution < -0.4 is 5.32 Å². The van der Waals surface area contributed by atoms with Crippen LogP contribution in [0.2, 0.25) is 0 Å². The zero-order valence-corrected chi connectivity index (χ0v) is 14.9. The molecule has 0 saturated carbocycles. The SMILES string of the molecule is CCNC(=NCc1ccccn1)N1CCC(C)(C)C1.I. The van der Waals surface area contributed by atoms with Gasteiger partial charge in [0.05, 0.1) is 12.2 Å². The topological polar surface area (TPSA) is 40.5 Å². The van der Waals surface area contributed by atoms with E-state index >= 15 is 0 Å². The maximum absolute atomic E-state index is 4.70. The van der Waals surface area contributed by atoms with Crippen molar-refractivity contribution in [2.45, 2.75) is 33.7 Å². The van der Waals surface area contributed by atoms with Gasteiger partial charge in [0.25, 0.3) is 0 Å². The monoisotopic (exact) mass is 388 g/mol. The highest BCUT2D eigenvalue weighted by atomic mass is 127. The average Bonchev–Trinajstić information content (AvgIpc) is 2.76. The lowest BCUT2D eigenvalue weighted by Gasteiger charge is -2.23. The van der Waals surface area contributed by atoms with Gasteiger partial charge in [0.2, 0.25) is 0 Å². The zero-order valence-electron chi connectivity index (χ0n) is 12.6. The minimum Gasteiger partial charge on any atom is -0.357 e. The number of hydrogen-bond acceptors (Lipinski definition) is 2. The molecule has 2 heterocycles. The molecule has 1 saturated heterocycles. The summed E-state index contributed by atoms with van der Waals surface area (Å²) in [5, 5.41) is 3.38. The van der Waals surface area contributed by atoms with Gasteiger partial charge in [-0.05, 0) is 30.9 Å². The van der Waals surface area contributed by atoms with E-state index in [9.17, 15) is 0 Å². The lowest BCUT2D eigenvalue weighted by Crippen LogP contribution is -2.40. The second kappa shape index (κ2) is 7.81. The Hall–Kier alpha value is -0.850. The van der Waals surface area contributed by atoms with Gasteiger partial charge in [-0.3, -0.25) is 4.98 Å². The van der Waals surface area contributed by atoms with Crippen molar-refractivity contribution in [3.8, 4) is 0 Å². The summed E-state index contributed by atoms with van der Waals surface area (Å²) in [6, 6.07) is 5.95. The van der Waals surface area contributed by atoms with E-state index in [1.165, 1.54) is 6.42 Å². The van der Waals surface area contributed by atoms with E-state index in [1.54, 1.807) is 0 Å². The fourth-order valence-corrected chi connectivity index (χ4v) is 2.37. The smallest absolute Gasteiger partial charge is 0.194 e. The summed E-state index contributed by atoms with van der Waals surface area (Å²) >= 11 is 0. The number of aromatic nitrogens is 1. The fourth-order valence-electron chi connectivity index (χ4n) is 2.37. The number of likely N-dealkylation sites (tertiary alicyclic amines) is 1. The van der Waals surface area contributed by atoms with Crippen LogP contribution in [0, 0.1) is 5.41 Å². The third kappa shape index (κ3) is 4.92. The predicted octanol–water partition coefficient (Wildman–Crippen LogP) is 2.90. The Morgan fingerprint density at radius 2 is 2.25 bits per heavy atom. The van der Waals surface area contributed by atoms with Crippen molar-refractivity contribution >= 4 is 29.9 Å². The van der Waals surface area contributed by atoms with Gasteiger partial charge >= 0.3 is 0 Å². The Morgan fingerprint density at radius 3 is 2.80 bits per heavy atom. The molecule has 5 heteroatoms. The van der Waals surface area contributed by atoms with Crippen molar-refractivity contribution < 1.29 is 0 Å². The summed E-state index contributed by atoms with van der Waals surface area (Å²) in [6.07, 6.45) is 3.04. The van der Waals surface area contributed by atoms with E-state index in [1.807, 2.05) is 24.4 Å². The average molecular weight is 388 g/mol. The summed E-state index contributed by atoms with van der Waals surface area (Å²) in [7, 11) is 0. The van der Waals surface area contributed by atoms with Crippen LogP contribution in [0.3, 0.4) is 0 Å². The van der Waals surface area contributed by atoms with E-state index in [2.05, 4.69) is 36.0 Å². The number of pyridine rings is 1. The van der Waals surface area contributed by atoms with Gasteiger partial charge in [-0.25, -0.2) is 4.99 Å². The molecule has 1 aromatic heterocycles. The second-order valence-electron chi connectivity index (χ2n) is 5.83. The first-order valence-corrected chi connectivity index (χ1v) is 7.04. The summed E-state index contributed by atoms with van der Waals surface area (Å²) in [4.78, 5) is 11.4. The number of nitrogens with one attached hydrogen (secondary N) is 1. The molecule has 0 spiro atoms. The number of halogens is 1. The Bertz CT molecular complexity index is 431. The van der Waals surface area contributed by atoms with Gasteiger partial charge in [0.1, 0.15) is 0 Å². The highest BCUT2D eigenvalue weighted by Crippen LogP contribution is 2.28. The molecule has 0 unspecified atom stereocenters. The molecule has 1 aliphatic heterocycles.